The summed E-state index contributed by atoms with van der Waals surface area (Å²) in [5, 5.41) is 56.0. The van der Waals surface area contributed by atoms with Crippen molar-refractivity contribution in [3.63, 3.8) is 0 Å². The van der Waals surface area contributed by atoms with Crippen LogP contribution in [-0.2, 0) is 0 Å². The summed E-state index contributed by atoms with van der Waals surface area (Å²) in [5.41, 5.74) is 16.6. The quantitative estimate of drug-likeness (QED) is 0.0394. The maximum absolute atomic E-state index is 7.00. The zero-order chi connectivity index (χ0) is 76.2. The van der Waals surface area contributed by atoms with Crippen molar-refractivity contribution in [3.05, 3.63) is 358 Å². The molecule has 2 fully saturated rings. The molecule has 0 unspecified atom stereocenters. The van der Waals surface area contributed by atoms with Gasteiger partial charge in [-0.25, -0.2) is 0 Å². The molecule has 8 heteroatoms. The minimum absolute atomic E-state index is 0.302. The normalized spacial score (nSPS) is 13.9. The Balaban J connectivity index is 0. The van der Waals surface area contributed by atoms with Crippen molar-refractivity contribution in [1.29, 1.82) is 0 Å². The average molecular weight is 1390 g/mol. The number of benzene rings is 10. The Hall–Kier alpha value is -8.12. The van der Waals surface area contributed by atoms with Crippen LogP contribution >= 0.6 is 0 Å². The molecule has 2 aliphatic carbocycles. The lowest BCUT2D eigenvalue weighted by Gasteiger charge is -2.29. The van der Waals surface area contributed by atoms with Crippen LogP contribution in [0.4, 0.5) is 0 Å². The van der Waals surface area contributed by atoms with E-state index < -0.39 is 0 Å². The summed E-state index contributed by atoms with van der Waals surface area (Å²) < 4.78 is 0. The third kappa shape index (κ3) is 41.1. The van der Waals surface area contributed by atoms with Crippen molar-refractivity contribution in [2.45, 2.75) is 155 Å². The van der Waals surface area contributed by atoms with Crippen LogP contribution in [0, 0.1) is 39.5 Å². The Morgan fingerprint density at radius 2 is 0.422 bits per heavy atom. The van der Waals surface area contributed by atoms with Gasteiger partial charge in [0.15, 0.2) is 0 Å². The maximum Gasteiger partial charge on any atom is 0.0339 e. The molecule has 0 aromatic heterocycles. The second-order valence-corrected chi connectivity index (χ2v) is 24.2. The summed E-state index contributed by atoms with van der Waals surface area (Å²) in [4.78, 5) is 0. The number of unbranched alkanes of at least 4 members (excludes halogenated alkanes) is 2. The van der Waals surface area contributed by atoms with E-state index >= 15 is 0 Å². The smallest absolute Gasteiger partial charge is 0.0339 e. The van der Waals surface area contributed by atoms with E-state index in [4.69, 9.17) is 40.9 Å². The van der Waals surface area contributed by atoms with E-state index in [1.54, 1.807) is 11.1 Å². The Labute approximate surface area is 619 Å². The molecule has 12 rings (SSSR count). The van der Waals surface area contributed by atoms with Gasteiger partial charge in [-0.1, -0.05) is 366 Å². The molecular formula is C94H132O8. The molecule has 0 saturated heterocycles. The highest BCUT2D eigenvalue weighted by Crippen LogP contribution is 2.41. The van der Waals surface area contributed by atoms with E-state index in [1.165, 1.54) is 146 Å². The molecule has 8 nitrogen and oxygen atoms in total. The summed E-state index contributed by atoms with van der Waals surface area (Å²) in [6.45, 7) is 13.0. The molecule has 10 aromatic carbocycles. The third-order valence-electron chi connectivity index (χ3n) is 17.4. The van der Waals surface area contributed by atoms with Crippen molar-refractivity contribution in [2.24, 2.45) is 11.8 Å². The van der Waals surface area contributed by atoms with Gasteiger partial charge in [0.1, 0.15) is 0 Å². The van der Waals surface area contributed by atoms with Gasteiger partial charge in [0, 0.05) is 68.7 Å². The van der Waals surface area contributed by atoms with E-state index in [1.807, 2.05) is 72.8 Å². The van der Waals surface area contributed by atoms with Gasteiger partial charge in [-0.05, 0) is 147 Å². The minimum atomic E-state index is 0.302. The van der Waals surface area contributed by atoms with E-state index in [2.05, 4.69) is 260 Å². The van der Waals surface area contributed by atoms with E-state index in [-0.39, 0.29) is 0 Å². The second-order valence-electron chi connectivity index (χ2n) is 24.2. The standard InChI is InChI=1S/C30H36.C28H32.4C7H8.8CH4O/c1-2-3-6-11-24-16-18-25(19-17-24)26-20-22-29(23-21-26)30(27-12-7-4-8-13-27)28-14-9-5-10-15-28;1-2-9-22-14-16-23(17-15-22)24-18-20-27(21-19-24)28(25-10-5-3-6-11-25)26-12-7-4-8-13-26;4*1-7-5-3-2-4-6-7;8*1-2/h4-5,7-10,12-15,20-25,30H,2-3,6,11,16-19H2,1H3;3-8,10-13,18-23,28H,2,9,14-17H2,1H3;4*2-6H,1H3;8*2H,1H3. The number of hydrogen-bond donors (Lipinski definition) is 8. The van der Waals surface area contributed by atoms with Crippen molar-refractivity contribution < 1.29 is 40.9 Å². The van der Waals surface area contributed by atoms with E-state index in [9.17, 15) is 0 Å². The van der Waals surface area contributed by atoms with Crippen LogP contribution in [0.1, 0.15) is 194 Å². The summed E-state index contributed by atoms with van der Waals surface area (Å²) in [5.74, 6) is 4.07. The molecule has 8 N–H and O–H groups in total. The Bertz CT molecular complexity index is 3030. The fourth-order valence-corrected chi connectivity index (χ4v) is 12.5. The zero-order valence-electron chi connectivity index (χ0n) is 64.7. The minimum Gasteiger partial charge on any atom is -0.400 e. The summed E-state index contributed by atoms with van der Waals surface area (Å²) >= 11 is 0. The van der Waals surface area contributed by atoms with Crippen molar-refractivity contribution in [1.82, 2.24) is 0 Å². The summed E-state index contributed by atoms with van der Waals surface area (Å²) in [7, 11) is 8.00. The highest BCUT2D eigenvalue weighted by molar-refractivity contribution is 5.46. The van der Waals surface area contributed by atoms with Crippen molar-refractivity contribution in [2.75, 3.05) is 56.9 Å². The van der Waals surface area contributed by atoms with Crippen LogP contribution in [0.25, 0.3) is 0 Å². The lowest BCUT2D eigenvalue weighted by molar-refractivity contribution is 0.303. The Kier molecular flexibility index (Phi) is 63.4. The highest BCUT2D eigenvalue weighted by atomic mass is 16.2. The van der Waals surface area contributed by atoms with Crippen LogP contribution in [0.3, 0.4) is 0 Å². The lowest BCUT2D eigenvalue weighted by Crippen LogP contribution is -2.13. The van der Waals surface area contributed by atoms with Crippen LogP contribution in [-0.4, -0.2) is 97.7 Å². The molecule has 0 radical (unpaired) electrons. The topological polar surface area (TPSA) is 162 Å². The Morgan fingerprint density at radius 3 is 0.608 bits per heavy atom. The first-order valence-corrected chi connectivity index (χ1v) is 36.3. The molecule has 0 amide bonds. The lowest BCUT2D eigenvalue weighted by atomic mass is 9.76. The number of rotatable bonds is 14. The number of aliphatic hydroxyl groups is 8. The predicted molar refractivity (Wildman–Crippen MR) is 439 cm³/mol. The first kappa shape index (κ1) is 95.9. The largest absolute Gasteiger partial charge is 0.400 e. The van der Waals surface area contributed by atoms with Crippen LogP contribution in [0.5, 0.6) is 0 Å². The number of aryl methyl sites for hydroxylation is 4. The SMILES string of the molecule is CCCC1CCC(c2ccc(C(c3ccccc3)c3ccccc3)cc2)CC1.CCCCCC1CCC(c2ccc(C(c3ccccc3)c3ccccc3)cc2)CC1.CO.CO.CO.CO.CO.CO.CO.CO.Cc1ccccc1.Cc1ccccc1.Cc1ccccc1.Cc1ccccc1. The molecule has 2 aliphatic rings. The molecule has 102 heavy (non-hydrogen) atoms. The molecule has 556 valence electrons. The van der Waals surface area contributed by atoms with Gasteiger partial charge in [-0.2, -0.15) is 0 Å². The van der Waals surface area contributed by atoms with Gasteiger partial charge >= 0.3 is 0 Å². The molecule has 10 aromatic rings. The molecular weight excluding hydrogens is 1260 g/mol. The first-order chi connectivity index (χ1) is 50.3. The third-order valence-corrected chi connectivity index (χ3v) is 17.4. The van der Waals surface area contributed by atoms with Crippen molar-refractivity contribution in [3.8, 4) is 0 Å². The second kappa shape index (κ2) is 67.4. The monoisotopic (exact) mass is 1390 g/mol. The van der Waals surface area contributed by atoms with E-state index in [0.29, 0.717) is 11.8 Å². The van der Waals surface area contributed by atoms with Crippen LogP contribution < -0.4 is 0 Å². The molecule has 0 heterocycles. The predicted octanol–water partition coefficient (Wildman–Crippen LogP) is 21.5. The van der Waals surface area contributed by atoms with E-state index in [0.717, 1.165) is 80.6 Å². The highest BCUT2D eigenvalue weighted by Gasteiger charge is 2.25. The molecule has 0 atom stereocenters. The van der Waals surface area contributed by atoms with Gasteiger partial charge in [0.05, 0.1) is 0 Å². The van der Waals surface area contributed by atoms with Gasteiger partial charge in [0.2, 0.25) is 0 Å². The fourth-order valence-electron chi connectivity index (χ4n) is 12.5. The average Bonchev–Trinajstić information content (AvgIpc) is 0.816. The molecule has 0 spiro atoms. The van der Waals surface area contributed by atoms with Crippen LogP contribution in [0.15, 0.2) is 291 Å². The molecule has 2 saturated carbocycles. The van der Waals surface area contributed by atoms with Gasteiger partial charge in [0.25, 0.3) is 0 Å². The zero-order valence-corrected chi connectivity index (χ0v) is 64.7. The first-order valence-electron chi connectivity index (χ1n) is 36.3. The molecule has 0 bridgehead atoms. The Morgan fingerprint density at radius 1 is 0.225 bits per heavy atom. The van der Waals surface area contributed by atoms with Crippen LogP contribution in [0.2, 0.25) is 0 Å². The summed E-state index contributed by atoms with van der Waals surface area (Å²) in [6, 6.07) is 104. The molecule has 0 aliphatic heterocycles. The number of aliphatic hydroxyl groups excluding tert-OH is 8. The maximum atomic E-state index is 7.00. The van der Waals surface area contributed by atoms with Gasteiger partial charge in [-0.15, -0.1) is 0 Å². The fraction of sp³-hybridized carbons (Fsp3) is 0.362. The van der Waals surface area contributed by atoms with Gasteiger partial charge in [-0.3, -0.25) is 0 Å². The van der Waals surface area contributed by atoms with Gasteiger partial charge < -0.3 is 40.9 Å². The summed E-state index contributed by atoms with van der Waals surface area (Å²) in [6.07, 6.45) is 19.5. The number of hydrogen-bond acceptors (Lipinski definition) is 8. The van der Waals surface area contributed by atoms with Crippen molar-refractivity contribution >= 4 is 0 Å².